The predicted octanol–water partition coefficient (Wildman–Crippen LogP) is 3.39. The van der Waals surface area contributed by atoms with Gasteiger partial charge in [-0.25, -0.2) is 8.78 Å². The molecule has 2 atom stereocenters. The first kappa shape index (κ1) is 27.0. The Morgan fingerprint density at radius 2 is 1.76 bits per heavy atom. The zero-order chi connectivity index (χ0) is 26.7. The molecule has 0 radical (unpaired) electrons. The van der Waals surface area contributed by atoms with Crippen molar-refractivity contribution in [2.24, 2.45) is 11.7 Å². The highest BCUT2D eigenvalue weighted by Gasteiger charge is 2.38. The van der Waals surface area contributed by atoms with Gasteiger partial charge in [-0.1, -0.05) is 18.2 Å². The summed E-state index contributed by atoms with van der Waals surface area (Å²) in [6.45, 7) is 5.93. The zero-order valence-corrected chi connectivity index (χ0v) is 21.3. The van der Waals surface area contributed by atoms with Gasteiger partial charge in [0, 0.05) is 19.5 Å². The third-order valence-corrected chi connectivity index (χ3v) is 7.05. The summed E-state index contributed by atoms with van der Waals surface area (Å²) >= 11 is 0. The van der Waals surface area contributed by atoms with Crippen molar-refractivity contribution in [1.29, 1.82) is 0 Å². The molecule has 4 rings (SSSR count). The first-order valence-electron chi connectivity index (χ1n) is 12.7. The van der Waals surface area contributed by atoms with Crippen molar-refractivity contribution >= 4 is 11.8 Å². The molecule has 2 aliphatic rings. The fraction of sp³-hybridized carbons (Fsp3) is 0.500. The van der Waals surface area contributed by atoms with Gasteiger partial charge in [0.1, 0.15) is 23.3 Å². The molecule has 2 saturated heterocycles. The topological polar surface area (TPSA) is 96.1 Å². The third-order valence-electron chi connectivity index (χ3n) is 7.05. The summed E-state index contributed by atoms with van der Waals surface area (Å²) in [5.41, 5.74) is 5.34. The lowest BCUT2D eigenvalue weighted by Gasteiger charge is -2.34. The van der Waals surface area contributed by atoms with E-state index >= 15 is 0 Å². The van der Waals surface area contributed by atoms with E-state index in [-0.39, 0.29) is 18.5 Å². The number of ether oxygens (including phenoxy) is 1. The standard InChI is InChI=1S/C28H35F2N3O4/c1-28(2,30)17-32-11-9-18(10-12-32)16-37-22-6-3-19(4-7-22)20-5-8-23(24(29)13-20)27(36)33-15-21(34)14-25(33)26(31)35/h3-8,13,18,21,25,34H,9-12,14-17H2,1-2H3,(H2,31,35). The Hall–Kier alpha value is -3.04. The normalized spacial score (nSPS) is 21.3. The molecule has 7 nitrogen and oxygen atoms in total. The van der Waals surface area contributed by atoms with Crippen LogP contribution >= 0.6 is 0 Å². The second-order valence-electron chi connectivity index (χ2n) is 10.7. The second kappa shape index (κ2) is 11.1. The summed E-state index contributed by atoms with van der Waals surface area (Å²) in [7, 11) is 0. The minimum atomic E-state index is -1.19. The van der Waals surface area contributed by atoms with Crippen LogP contribution in [0.4, 0.5) is 8.78 Å². The quantitative estimate of drug-likeness (QED) is 0.562. The summed E-state index contributed by atoms with van der Waals surface area (Å²) in [6.07, 6.45) is 1.11. The minimum Gasteiger partial charge on any atom is -0.493 e. The Kier molecular flexibility index (Phi) is 8.14. The number of aliphatic hydroxyl groups is 1. The zero-order valence-electron chi connectivity index (χ0n) is 21.3. The van der Waals surface area contributed by atoms with E-state index in [2.05, 4.69) is 4.90 Å². The molecule has 2 amide bonds. The average molecular weight is 516 g/mol. The lowest BCUT2D eigenvalue weighted by molar-refractivity contribution is -0.121. The fourth-order valence-corrected chi connectivity index (χ4v) is 5.13. The molecule has 2 aromatic carbocycles. The van der Waals surface area contributed by atoms with Gasteiger partial charge in [0.15, 0.2) is 0 Å². The van der Waals surface area contributed by atoms with Crippen LogP contribution in [-0.4, -0.2) is 77.3 Å². The number of piperidine rings is 1. The highest BCUT2D eigenvalue weighted by molar-refractivity contribution is 5.98. The number of alkyl halides is 1. The molecule has 9 heteroatoms. The van der Waals surface area contributed by atoms with E-state index in [1.807, 2.05) is 24.3 Å². The number of hydrogen-bond acceptors (Lipinski definition) is 5. The van der Waals surface area contributed by atoms with Gasteiger partial charge in [0.05, 0.1) is 18.3 Å². The molecule has 0 aliphatic carbocycles. The van der Waals surface area contributed by atoms with Crippen molar-refractivity contribution in [2.45, 2.75) is 50.9 Å². The van der Waals surface area contributed by atoms with Crippen molar-refractivity contribution in [2.75, 3.05) is 32.8 Å². The molecular formula is C28H35F2N3O4. The molecular weight excluding hydrogens is 480 g/mol. The van der Waals surface area contributed by atoms with Gasteiger partial charge in [-0.2, -0.15) is 0 Å². The van der Waals surface area contributed by atoms with Crippen LogP contribution in [-0.2, 0) is 4.79 Å². The summed E-state index contributed by atoms with van der Waals surface area (Å²) in [4.78, 5) is 27.8. The number of primary amides is 1. The van der Waals surface area contributed by atoms with Crippen LogP contribution in [0.15, 0.2) is 42.5 Å². The molecule has 0 bridgehead atoms. The molecule has 200 valence electrons. The lowest BCUT2D eigenvalue weighted by Crippen LogP contribution is -2.44. The van der Waals surface area contributed by atoms with Crippen molar-refractivity contribution in [3.05, 3.63) is 53.8 Å². The van der Waals surface area contributed by atoms with Crippen molar-refractivity contribution in [3.8, 4) is 16.9 Å². The van der Waals surface area contributed by atoms with Gasteiger partial charge in [0.2, 0.25) is 5.91 Å². The van der Waals surface area contributed by atoms with Crippen molar-refractivity contribution in [3.63, 3.8) is 0 Å². The van der Waals surface area contributed by atoms with Crippen LogP contribution in [0.25, 0.3) is 11.1 Å². The number of nitrogens with two attached hydrogens (primary N) is 1. The number of likely N-dealkylation sites (tertiary alicyclic amines) is 2. The maximum atomic E-state index is 14.9. The van der Waals surface area contributed by atoms with Crippen LogP contribution in [0.5, 0.6) is 5.75 Å². The third kappa shape index (κ3) is 6.84. The first-order chi connectivity index (χ1) is 17.5. The number of amides is 2. The Bertz CT molecular complexity index is 1110. The highest BCUT2D eigenvalue weighted by atomic mass is 19.1. The maximum Gasteiger partial charge on any atom is 0.257 e. The van der Waals surface area contributed by atoms with Crippen molar-refractivity contribution in [1.82, 2.24) is 9.80 Å². The molecule has 3 N–H and O–H groups in total. The average Bonchev–Trinajstić information content (AvgIpc) is 3.24. The summed E-state index contributed by atoms with van der Waals surface area (Å²) in [6, 6.07) is 10.7. The van der Waals surface area contributed by atoms with Crippen LogP contribution < -0.4 is 10.5 Å². The molecule has 2 aromatic rings. The molecule has 0 saturated carbocycles. The summed E-state index contributed by atoms with van der Waals surface area (Å²) in [5.74, 6) is -0.977. The largest absolute Gasteiger partial charge is 0.493 e. The molecule has 2 aliphatic heterocycles. The number of aliphatic hydroxyl groups excluding tert-OH is 1. The van der Waals surface area contributed by atoms with Crippen LogP contribution in [0, 0.1) is 11.7 Å². The maximum absolute atomic E-state index is 14.9. The monoisotopic (exact) mass is 515 g/mol. The highest BCUT2D eigenvalue weighted by Crippen LogP contribution is 2.28. The van der Waals surface area contributed by atoms with E-state index in [1.165, 1.54) is 12.1 Å². The van der Waals surface area contributed by atoms with Gasteiger partial charge in [-0.05, 0) is 81.1 Å². The number of benzene rings is 2. The number of β-amino-alcohol motifs (C(OH)–C–C–N with tert-alkyl or cyclic N) is 1. The number of nitrogens with zero attached hydrogens (tertiary/aromatic N) is 2. The lowest BCUT2D eigenvalue weighted by atomic mass is 9.97. The first-order valence-corrected chi connectivity index (χ1v) is 12.7. The Morgan fingerprint density at radius 3 is 2.35 bits per heavy atom. The summed E-state index contributed by atoms with van der Waals surface area (Å²) < 4.78 is 34.7. The summed E-state index contributed by atoms with van der Waals surface area (Å²) in [5, 5.41) is 9.84. The minimum absolute atomic E-state index is 0.0475. The molecule has 37 heavy (non-hydrogen) atoms. The van der Waals surface area contributed by atoms with Gasteiger partial charge in [0.25, 0.3) is 5.91 Å². The molecule has 2 unspecified atom stereocenters. The van der Waals surface area contributed by atoms with Crippen LogP contribution in [0.1, 0.15) is 43.5 Å². The van der Waals surface area contributed by atoms with E-state index in [0.717, 1.165) is 36.4 Å². The van der Waals surface area contributed by atoms with Crippen molar-refractivity contribution < 1.29 is 28.2 Å². The molecule has 2 heterocycles. The van der Waals surface area contributed by atoms with Gasteiger partial charge in [-0.15, -0.1) is 0 Å². The van der Waals surface area contributed by atoms with E-state index in [1.54, 1.807) is 19.9 Å². The fourth-order valence-electron chi connectivity index (χ4n) is 5.13. The second-order valence-corrected chi connectivity index (χ2v) is 10.7. The Balaban J connectivity index is 1.33. The van der Waals surface area contributed by atoms with Gasteiger partial charge >= 0.3 is 0 Å². The number of halogens is 2. The smallest absolute Gasteiger partial charge is 0.257 e. The number of hydrogen-bond donors (Lipinski definition) is 2. The van der Waals surface area contributed by atoms with E-state index in [4.69, 9.17) is 10.5 Å². The number of carbonyl (C=O) groups is 2. The molecule has 0 aromatic heterocycles. The van der Waals surface area contributed by atoms with E-state index in [0.29, 0.717) is 30.4 Å². The molecule has 0 spiro atoms. The SMILES string of the molecule is CC(C)(F)CN1CCC(COc2ccc(-c3ccc(C(=O)N4CC(O)CC4C(N)=O)c(F)c3)cc2)CC1. The van der Waals surface area contributed by atoms with Gasteiger partial charge < -0.3 is 25.4 Å². The van der Waals surface area contributed by atoms with Gasteiger partial charge in [-0.3, -0.25) is 9.59 Å². The Morgan fingerprint density at radius 1 is 1.11 bits per heavy atom. The number of rotatable bonds is 8. The molecule has 2 fully saturated rings. The Labute approximate surface area is 216 Å². The predicted molar refractivity (Wildman–Crippen MR) is 136 cm³/mol. The van der Waals surface area contributed by atoms with E-state index in [9.17, 15) is 23.5 Å². The van der Waals surface area contributed by atoms with Crippen LogP contribution in [0.2, 0.25) is 0 Å². The number of carbonyl (C=O) groups excluding carboxylic acids is 2. The van der Waals surface area contributed by atoms with Crippen LogP contribution in [0.3, 0.4) is 0 Å². The van der Waals surface area contributed by atoms with E-state index < -0.39 is 35.4 Å².